The molecule has 1 aliphatic heterocycles. The molecule has 0 aromatic heterocycles. The Hall–Kier alpha value is -1.27. The molecule has 0 fully saturated rings. The summed E-state index contributed by atoms with van der Waals surface area (Å²) in [5.74, 6) is 0.902. The van der Waals surface area contributed by atoms with Crippen LogP contribution < -0.4 is 5.30 Å². The topological polar surface area (TPSA) is 26.3 Å². The monoisotopic (exact) mass is 274 g/mol. The normalized spacial score (nSPS) is 25.6. The van der Waals surface area contributed by atoms with Crippen molar-refractivity contribution in [2.45, 2.75) is 38.8 Å². The van der Waals surface area contributed by atoms with Gasteiger partial charge in [0.25, 0.3) is 7.37 Å². The zero-order valence-electron chi connectivity index (χ0n) is 11.6. The molecule has 0 spiro atoms. The first kappa shape index (κ1) is 12.7. The maximum absolute atomic E-state index is 13.5. The molecule has 0 saturated heterocycles. The van der Waals surface area contributed by atoms with Crippen molar-refractivity contribution in [1.82, 2.24) is 0 Å². The molecule has 0 saturated carbocycles. The quantitative estimate of drug-likeness (QED) is 0.652. The van der Waals surface area contributed by atoms with Crippen molar-refractivity contribution in [2.75, 3.05) is 0 Å². The summed E-state index contributed by atoms with van der Waals surface area (Å²) in [5, 5.41) is 0.482. The highest BCUT2D eigenvalue weighted by Crippen LogP contribution is 2.63. The van der Waals surface area contributed by atoms with Gasteiger partial charge < -0.3 is 4.52 Å². The number of hydrogen-bond acceptors (Lipinski definition) is 2. The van der Waals surface area contributed by atoms with Gasteiger partial charge >= 0.3 is 0 Å². The van der Waals surface area contributed by atoms with Gasteiger partial charge in [-0.3, -0.25) is 4.57 Å². The summed E-state index contributed by atoms with van der Waals surface area (Å²) in [6.45, 7) is 5.98. The fraction of sp³-hybridized carbons (Fsp3) is 0.375. The van der Waals surface area contributed by atoms with E-state index in [1.54, 1.807) is 0 Å². The summed E-state index contributed by atoms with van der Waals surface area (Å²) >= 11 is 0. The largest absolute Gasteiger partial charge is 0.443 e. The van der Waals surface area contributed by atoms with Crippen molar-refractivity contribution in [3.63, 3.8) is 0 Å². The number of benzene rings is 1. The van der Waals surface area contributed by atoms with Gasteiger partial charge in [0.05, 0.1) is 10.5 Å². The second-order valence-corrected chi connectivity index (χ2v) is 9.22. The zero-order valence-corrected chi connectivity index (χ0v) is 12.5. The highest BCUT2D eigenvalue weighted by molar-refractivity contribution is 7.68. The zero-order chi connectivity index (χ0) is 13.7. The third-order valence-electron chi connectivity index (χ3n) is 3.76. The average Bonchev–Trinajstić information content (AvgIpc) is 2.38. The van der Waals surface area contributed by atoms with E-state index >= 15 is 0 Å². The van der Waals surface area contributed by atoms with Gasteiger partial charge in [-0.15, -0.1) is 0 Å². The van der Waals surface area contributed by atoms with Crippen LogP contribution in [0.25, 0.3) is 5.57 Å². The summed E-state index contributed by atoms with van der Waals surface area (Å²) in [6, 6.07) is 7.96. The maximum Gasteiger partial charge on any atom is 0.282 e. The molecule has 2 aliphatic rings. The van der Waals surface area contributed by atoms with Gasteiger partial charge in [0.1, 0.15) is 5.76 Å². The summed E-state index contributed by atoms with van der Waals surface area (Å²) in [6.07, 6.45) is 6.07. The van der Waals surface area contributed by atoms with Crippen molar-refractivity contribution in [2.24, 2.45) is 0 Å². The predicted octanol–water partition coefficient (Wildman–Crippen LogP) is 4.48. The SMILES string of the molecule is CC(C)(C)[P@]1(=O)OC2=C(C=CCC2)c2ccccc21. The molecule has 1 aromatic rings. The first-order valence-electron chi connectivity index (χ1n) is 6.73. The van der Waals surface area contributed by atoms with Crippen LogP contribution in [0.5, 0.6) is 0 Å². The van der Waals surface area contributed by atoms with Crippen molar-refractivity contribution in [3.05, 3.63) is 47.7 Å². The maximum atomic E-state index is 13.5. The summed E-state index contributed by atoms with van der Waals surface area (Å²) in [5.41, 5.74) is 2.19. The molecule has 100 valence electrons. The van der Waals surface area contributed by atoms with E-state index in [1.807, 2.05) is 39.0 Å². The lowest BCUT2D eigenvalue weighted by atomic mass is 9.98. The fourth-order valence-electron chi connectivity index (χ4n) is 2.64. The third-order valence-corrected chi connectivity index (χ3v) is 7.02. The summed E-state index contributed by atoms with van der Waals surface area (Å²) in [4.78, 5) is 0. The first-order valence-corrected chi connectivity index (χ1v) is 8.35. The molecule has 2 nitrogen and oxygen atoms in total. The van der Waals surface area contributed by atoms with E-state index in [1.165, 1.54) is 0 Å². The molecule has 1 aliphatic carbocycles. The lowest BCUT2D eigenvalue weighted by Crippen LogP contribution is -2.30. The predicted molar refractivity (Wildman–Crippen MR) is 79.8 cm³/mol. The standard InChI is InChI=1S/C16H19O2P/c1-16(2,3)19(17)15-11-7-5-9-13(15)12-8-4-6-10-14(12)18-19/h4-5,7-9,11H,6,10H2,1-3H3/t19-/m1/s1. The van der Waals surface area contributed by atoms with Crippen molar-refractivity contribution >= 4 is 18.2 Å². The Bertz CT molecular complexity index is 632. The van der Waals surface area contributed by atoms with Gasteiger partial charge in [-0.05, 0) is 38.8 Å². The van der Waals surface area contributed by atoms with E-state index in [2.05, 4.69) is 18.2 Å². The van der Waals surface area contributed by atoms with Gasteiger partial charge in [-0.1, -0.05) is 30.4 Å². The van der Waals surface area contributed by atoms with E-state index in [9.17, 15) is 4.57 Å². The lowest BCUT2D eigenvalue weighted by Gasteiger charge is -2.38. The smallest absolute Gasteiger partial charge is 0.282 e. The van der Waals surface area contributed by atoms with Crippen molar-refractivity contribution < 1.29 is 9.09 Å². The number of allylic oxidation sites excluding steroid dienone is 4. The molecule has 3 heteroatoms. The minimum atomic E-state index is -2.87. The lowest BCUT2D eigenvalue weighted by molar-refractivity contribution is 0.374. The average molecular weight is 274 g/mol. The van der Waals surface area contributed by atoms with Crippen LogP contribution in [0.3, 0.4) is 0 Å². The van der Waals surface area contributed by atoms with Crippen LogP contribution in [-0.4, -0.2) is 5.16 Å². The summed E-state index contributed by atoms with van der Waals surface area (Å²) < 4.78 is 19.5. The van der Waals surface area contributed by atoms with E-state index < -0.39 is 7.37 Å². The van der Waals surface area contributed by atoms with Gasteiger partial charge in [-0.25, -0.2) is 0 Å². The Morgan fingerprint density at radius 3 is 2.68 bits per heavy atom. The number of rotatable bonds is 0. The molecule has 3 rings (SSSR count). The molecule has 0 amide bonds. The number of hydrogen-bond donors (Lipinski definition) is 0. The second-order valence-electron chi connectivity index (χ2n) is 6.11. The van der Waals surface area contributed by atoms with Gasteiger partial charge in [0.15, 0.2) is 0 Å². The molecular formula is C16H19O2P. The fourth-order valence-corrected chi connectivity index (χ4v) is 5.03. The van der Waals surface area contributed by atoms with Gasteiger partial charge in [-0.2, -0.15) is 0 Å². The van der Waals surface area contributed by atoms with E-state index in [0.29, 0.717) is 0 Å². The Labute approximate surface area is 114 Å². The van der Waals surface area contributed by atoms with Crippen LogP contribution in [0.15, 0.2) is 42.2 Å². The molecule has 0 bridgehead atoms. The summed E-state index contributed by atoms with van der Waals surface area (Å²) in [7, 11) is -2.87. The molecule has 1 heterocycles. The van der Waals surface area contributed by atoms with Gasteiger partial charge in [0.2, 0.25) is 0 Å². The molecule has 0 unspecified atom stereocenters. The van der Waals surface area contributed by atoms with Crippen LogP contribution in [-0.2, 0) is 9.09 Å². The first-order chi connectivity index (χ1) is 8.93. The molecule has 0 N–H and O–H groups in total. The van der Waals surface area contributed by atoms with Crippen LogP contribution >= 0.6 is 7.37 Å². The minimum Gasteiger partial charge on any atom is -0.443 e. The van der Waals surface area contributed by atoms with E-state index in [4.69, 9.17) is 4.52 Å². The van der Waals surface area contributed by atoms with Crippen LogP contribution in [0.2, 0.25) is 0 Å². The highest BCUT2D eigenvalue weighted by Gasteiger charge is 2.46. The Balaban J connectivity index is 2.28. The molecular weight excluding hydrogens is 255 g/mol. The van der Waals surface area contributed by atoms with Gasteiger partial charge in [0, 0.05) is 12.0 Å². The Morgan fingerprint density at radius 1 is 1.21 bits per heavy atom. The van der Waals surface area contributed by atoms with Crippen molar-refractivity contribution in [1.29, 1.82) is 0 Å². The van der Waals surface area contributed by atoms with E-state index in [0.717, 1.165) is 35.0 Å². The molecule has 0 radical (unpaired) electrons. The molecule has 1 aromatic carbocycles. The minimum absolute atomic E-state index is 0.386. The van der Waals surface area contributed by atoms with Crippen molar-refractivity contribution in [3.8, 4) is 0 Å². The second kappa shape index (κ2) is 4.11. The van der Waals surface area contributed by atoms with Crippen LogP contribution in [0, 0.1) is 0 Å². The molecule has 19 heavy (non-hydrogen) atoms. The van der Waals surface area contributed by atoms with Crippen LogP contribution in [0.4, 0.5) is 0 Å². The Kier molecular flexibility index (Phi) is 2.76. The number of fused-ring (bicyclic) bond motifs is 2. The van der Waals surface area contributed by atoms with Crippen LogP contribution in [0.1, 0.15) is 39.2 Å². The third kappa shape index (κ3) is 1.81. The Morgan fingerprint density at radius 2 is 1.95 bits per heavy atom. The molecule has 1 atom stereocenters. The highest BCUT2D eigenvalue weighted by atomic mass is 31.2. The van der Waals surface area contributed by atoms with E-state index in [-0.39, 0.29) is 5.16 Å².